The van der Waals surface area contributed by atoms with E-state index in [2.05, 4.69) is 82.5 Å². The molecule has 3 aromatic carbocycles. The van der Waals surface area contributed by atoms with Gasteiger partial charge in [0, 0.05) is 10.2 Å². The van der Waals surface area contributed by atoms with Crippen LogP contribution in [0.5, 0.6) is 0 Å². The fourth-order valence-corrected chi connectivity index (χ4v) is 6.25. The summed E-state index contributed by atoms with van der Waals surface area (Å²) < 4.78 is 3.06. The summed E-state index contributed by atoms with van der Waals surface area (Å²) >= 11 is 7.52. The van der Waals surface area contributed by atoms with Gasteiger partial charge in [0.25, 0.3) is 5.95 Å². The molecule has 0 aliphatic heterocycles. The first-order chi connectivity index (χ1) is 18.9. The summed E-state index contributed by atoms with van der Waals surface area (Å²) in [6, 6.07) is 22.4. The number of aromatic nitrogens is 5. The first-order valence-corrected chi connectivity index (χ1v) is 15.2. The highest BCUT2D eigenvalue weighted by atomic mass is 79.9. The van der Waals surface area contributed by atoms with Gasteiger partial charge in [-0.25, -0.2) is 10.1 Å². The molecule has 0 aliphatic rings. The molecule has 2 aromatic heterocycles. The molecule has 0 aliphatic carbocycles. The highest BCUT2D eigenvalue weighted by Crippen LogP contribution is 2.29. The predicted molar refractivity (Wildman–Crippen MR) is 163 cm³/mol. The van der Waals surface area contributed by atoms with Crippen molar-refractivity contribution < 1.29 is 4.79 Å². The van der Waals surface area contributed by atoms with E-state index < -0.39 is 0 Å². The minimum absolute atomic E-state index is 0.0782. The van der Waals surface area contributed by atoms with Crippen LogP contribution in [0.3, 0.4) is 0 Å². The molecule has 10 nitrogen and oxygen atoms in total. The average Bonchev–Trinajstić information content (AvgIpc) is 3.54. The number of halogens is 1. The van der Waals surface area contributed by atoms with Crippen LogP contribution in [0, 0.1) is 0 Å². The van der Waals surface area contributed by atoms with Crippen LogP contribution in [0.2, 0.25) is 0 Å². The first-order valence-electron chi connectivity index (χ1n) is 11.6. The summed E-state index contributed by atoms with van der Waals surface area (Å²) in [6.45, 7) is 1.90. The van der Waals surface area contributed by atoms with E-state index in [9.17, 15) is 4.79 Å². The molecule has 1 amide bonds. The van der Waals surface area contributed by atoms with Gasteiger partial charge in [0.05, 0.1) is 11.5 Å². The zero-order chi connectivity index (χ0) is 27.2. The smallest absolute Gasteiger partial charge is 0.264 e. The van der Waals surface area contributed by atoms with Crippen molar-refractivity contribution in [3.8, 4) is 0 Å². The quantitative estimate of drug-likeness (QED) is 0.0585. The number of nitrogen functional groups attached to an aromatic ring is 1. The minimum Gasteiger partial charge on any atom is -0.334 e. The Hall–Kier alpha value is -3.46. The molecular weight excluding hydrogens is 618 g/mol. The number of hydrogen-bond donors (Lipinski definition) is 3. The van der Waals surface area contributed by atoms with E-state index in [-0.39, 0.29) is 17.6 Å². The summed E-state index contributed by atoms with van der Waals surface area (Å²) in [6.07, 6.45) is 0. The second-order valence-corrected chi connectivity index (χ2v) is 12.2. The Kier molecular flexibility index (Phi) is 8.76. The van der Waals surface area contributed by atoms with Crippen molar-refractivity contribution in [2.75, 3.05) is 22.3 Å². The molecule has 0 spiro atoms. The van der Waals surface area contributed by atoms with E-state index in [4.69, 9.17) is 5.84 Å². The maximum atomic E-state index is 12.5. The summed E-state index contributed by atoms with van der Waals surface area (Å²) in [5.41, 5.74) is 5.76. The average molecular weight is 641 g/mol. The number of nitrogens with two attached hydrogens (primary N) is 1. The Balaban J connectivity index is 1.11. The molecule has 0 unspecified atom stereocenters. The molecule has 4 N–H and O–H groups in total. The monoisotopic (exact) mass is 639 g/mol. The summed E-state index contributed by atoms with van der Waals surface area (Å²) in [4.78, 5) is 12.5. The molecule has 0 atom stereocenters. The highest BCUT2D eigenvalue weighted by Gasteiger charge is 2.14. The van der Waals surface area contributed by atoms with E-state index in [0.717, 1.165) is 48.4 Å². The van der Waals surface area contributed by atoms with Crippen molar-refractivity contribution in [1.29, 1.82) is 0 Å². The number of benzene rings is 3. The van der Waals surface area contributed by atoms with E-state index in [0.29, 0.717) is 10.3 Å². The fraction of sp³-hybridized carbons (Fsp3) is 0.120. The number of amides is 1. The molecule has 0 bridgehead atoms. The zero-order valence-corrected chi connectivity index (χ0v) is 24.6. The maximum absolute atomic E-state index is 12.5. The van der Waals surface area contributed by atoms with Gasteiger partial charge >= 0.3 is 0 Å². The number of hydrogen-bond acceptors (Lipinski definition) is 11. The second-order valence-electron chi connectivity index (χ2n) is 8.18. The van der Waals surface area contributed by atoms with Crippen molar-refractivity contribution in [2.24, 2.45) is 5.10 Å². The Morgan fingerprint density at radius 1 is 1.03 bits per heavy atom. The standard InChI is InChI=1S/C25H22BrN9OS3/c1-15(18-10-9-17-6-2-3-7-19(17)12-18)29-30-22-31-33-24(35(22)27)37-14-21(36)28-23-32-34-25(39-23)38-13-16-5-4-8-20(26)11-16/h2-12H,13-14,27H2,1H3,(H,30,31)(H,28,32,36)/b29-15+. The molecule has 14 heteroatoms. The van der Waals surface area contributed by atoms with Gasteiger partial charge in [-0.2, -0.15) is 5.10 Å². The number of thioether (sulfide) groups is 2. The van der Waals surface area contributed by atoms with Gasteiger partial charge < -0.3 is 5.84 Å². The number of nitrogens with one attached hydrogen (secondary N) is 2. The van der Waals surface area contributed by atoms with Crippen molar-refractivity contribution >= 4 is 84.3 Å². The third-order valence-electron chi connectivity index (χ3n) is 5.39. The van der Waals surface area contributed by atoms with Crippen LogP contribution in [0.15, 0.2) is 85.8 Å². The van der Waals surface area contributed by atoms with Gasteiger partial charge in [0.1, 0.15) is 0 Å². The lowest BCUT2D eigenvalue weighted by atomic mass is 10.0. The van der Waals surface area contributed by atoms with Crippen LogP contribution in [0.1, 0.15) is 18.1 Å². The Bertz CT molecular complexity index is 1650. The summed E-state index contributed by atoms with van der Waals surface area (Å²) in [5.74, 6) is 6.96. The van der Waals surface area contributed by atoms with Crippen molar-refractivity contribution in [3.05, 3.63) is 82.3 Å². The van der Waals surface area contributed by atoms with Crippen LogP contribution in [-0.2, 0) is 10.5 Å². The lowest BCUT2D eigenvalue weighted by molar-refractivity contribution is -0.113. The number of nitrogens with zero attached hydrogens (tertiary/aromatic N) is 6. The van der Waals surface area contributed by atoms with Crippen LogP contribution in [0.25, 0.3) is 10.8 Å². The second kappa shape index (κ2) is 12.6. The molecule has 39 heavy (non-hydrogen) atoms. The summed E-state index contributed by atoms with van der Waals surface area (Å²) in [7, 11) is 0. The number of rotatable bonds is 10. The molecule has 2 heterocycles. The number of anilines is 2. The molecule has 198 valence electrons. The molecule has 0 saturated heterocycles. The number of carbonyl (C=O) groups is 1. The van der Waals surface area contributed by atoms with Crippen LogP contribution >= 0.6 is 50.8 Å². The number of carbonyl (C=O) groups excluding carboxylic acids is 1. The molecule has 5 aromatic rings. The normalized spacial score (nSPS) is 11.6. The topological polar surface area (TPSA) is 136 Å². The lowest BCUT2D eigenvalue weighted by Gasteiger charge is -2.05. The van der Waals surface area contributed by atoms with Crippen LogP contribution in [0.4, 0.5) is 11.1 Å². The van der Waals surface area contributed by atoms with Crippen LogP contribution < -0.4 is 16.6 Å². The first kappa shape index (κ1) is 27.1. The molecular formula is C25H22BrN9OS3. The lowest BCUT2D eigenvalue weighted by Crippen LogP contribution is -2.17. The number of fused-ring (bicyclic) bond motifs is 1. The van der Waals surface area contributed by atoms with Crippen molar-refractivity contribution in [1.82, 2.24) is 25.1 Å². The molecule has 0 radical (unpaired) electrons. The Morgan fingerprint density at radius 3 is 2.72 bits per heavy atom. The van der Waals surface area contributed by atoms with E-state index in [1.165, 1.54) is 21.6 Å². The Morgan fingerprint density at radius 2 is 1.87 bits per heavy atom. The molecule has 5 rings (SSSR count). The Labute approximate surface area is 245 Å². The van der Waals surface area contributed by atoms with Crippen molar-refractivity contribution in [2.45, 2.75) is 22.2 Å². The van der Waals surface area contributed by atoms with Gasteiger partial charge in [0.15, 0.2) is 4.34 Å². The fourth-order valence-electron chi connectivity index (χ4n) is 3.44. The summed E-state index contributed by atoms with van der Waals surface area (Å²) in [5, 5.41) is 26.6. The third-order valence-corrected chi connectivity index (χ3v) is 8.87. The van der Waals surface area contributed by atoms with Gasteiger partial charge in [-0.1, -0.05) is 99.3 Å². The third kappa shape index (κ3) is 7.15. The van der Waals surface area contributed by atoms with E-state index in [1.807, 2.05) is 43.3 Å². The van der Waals surface area contributed by atoms with Crippen molar-refractivity contribution in [3.63, 3.8) is 0 Å². The van der Waals surface area contributed by atoms with E-state index >= 15 is 0 Å². The molecule has 0 saturated carbocycles. The van der Waals surface area contributed by atoms with Gasteiger partial charge in [-0.05, 0) is 47.0 Å². The zero-order valence-electron chi connectivity index (χ0n) is 20.5. The molecule has 0 fully saturated rings. The number of hydrazone groups is 1. The SMILES string of the molecule is C/C(=N\Nc1nnc(SCC(=O)Nc2nnc(SCc3cccc(Br)c3)s2)n1N)c1ccc2ccccc2c1. The van der Waals surface area contributed by atoms with Crippen LogP contribution in [-0.4, -0.2) is 42.4 Å². The maximum Gasteiger partial charge on any atom is 0.264 e. The van der Waals surface area contributed by atoms with Gasteiger partial charge in [-0.3, -0.25) is 10.1 Å². The van der Waals surface area contributed by atoms with Gasteiger partial charge in [-0.15, -0.1) is 20.4 Å². The largest absolute Gasteiger partial charge is 0.334 e. The predicted octanol–water partition coefficient (Wildman–Crippen LogP) is 5.62. The minimum atomic E-state index is -0.248. The van der Waals surface area contributed by atoms with Gasteiger partial charge in [0.2, 0.25) is 16.2 Å². The van der Waals surface area contributed by atoms with E-state index in [1.54, 1.807) is 11.8 Å². The highest BCUT2D eigenvalue weighted by molar-refractivity contribution is 9.10.